The van der Waals surface area contributed by atoms with Gasteiger partial charge in [0, 0.05) is 55.2 Å². The number of furan rings is 1. The normalized spacial score (nSPS) is 16.8. The minimum Gasteiger partial charge on any atom is -0.455 e. The van der Waals surface area contributed by atoms with E-state index < -0.39 is 39.9 Å². The smallest absolute Gasteiger partial charge is 0.255 e. The van der Waals surface area contributed by atoms with Gasteiger partial charge in [-0.25, -0.2) is 35.9 Å². The van der Waals surface area contributed by atoms with E-state index in [1.165, 1.54) is 50.5 Å². The number of pyridine rings is 1. The van der Waals surface area contributed by atoms with Crippen LogP contribution in [0.1, 0.15) is 16.2 Å². The van der Waals surface area contributed by atoms with Crippen LogP contribution in [0.15, 0.2) is 77.2 Å². The van der Waals surface area contributed by atoms with Crippen molar-refractivity contribution in [2.75, 3.05) is 37.7 Å². The van der Waals surface area contributed by atoms with Gasteiger partial charge in [0.2, 0.25) is 10.0 Å². The number of fused-ring (bicyclic) bond motifs is 6. The maximum Gasteiger partial charge on any atom is 0.255 e. The fraction of sp³-hybridized carbons (Fsp3) is 0.216. The van der Waals surface area contributed by atoms with Crippen molar-refractivity contribution < 1.29 is 35.2 Å². The molecule has 1 amide bonds. The summed E-state index contributed by atoms with van der Waals surface area (Å²) in [7, 11) is -0.999. The van der Waals surface area contributed by atoms with Crippen molar-refractivity contribution >= 4 is 60.0 Å². The molecule has 1 fully saturated rings. The Morgan fingerprint density at radius 1 is 0.962 bits per heavy atom. The highest BCUT2D eigenvalue weighted by molar-refractivity contribution is 7.92. The van der Waals surface area contributed by atoms with E-state index >= 15 is 4.39 Å². The number of nitrogens with zero attached hydrogens (tertiary/aromatic N) is 5. The molecule has 0 bridgehead atoms. The molecule has 1 aliphatic heterocycles. The van der Waals surface area contributed by atoms with Gasteiger partial charge in [0.25, 0.3) is 5.91 Å². The molecule has 0 spiro atoms. The molecule has 1 saturated heterocycles. The number of hydrogen-bond donors (Lipinski definition) is 1. The van der Waals surface area contributed by atoms with Gasteiger partial charge >= 0.3 is 0 Å². The van der Waals surface area contributed by atoms with Crippen molar-refractivity contribution in [1.82, 2.24) is 24.6 Å². The van der Waals surface area contributed by atoms with Crippen LogP contribution in [0.4, 0.5) is 23.2 Å². The first-order valence-electron chi connectivity index (χ1n) is 16.2. The summed E-state index contributed by atoms with van der Waals surface area (Å²) in [5, 5.41) is 3.25. The second-order valence-electron chi connectivity index (χ2n) is 12.8. The lowest BCUT2D eigenvalue weighted by atomic mass is 10.0. The first kappa shape index (κ1) is 33.6. The predicted molar refractivity (Wildman–Crippen MR) is 190 cm³/mol. The highest BCUT2D eigenvalue weighted by Crippen LogP contribution is 2.42. The van der Waals surface area contributed by atoms with Crippen LogP contribution in [-0.4, -0.2) is 79.4 Å². The van der Waals surface area contributed by atoms with Crippen molar-refractivity contribution in [3.63, 3.8) is 0 Å². The van der Waals surface area contributed by atoms with Gasteiger partial charge in [0.15, 0.2) is 0 Å². The number of likely N-dealkylation sites (tertiary alicyclic amines) is 1. The molecule has 1 N–H and O–H groups in total. The molecule has 0 saturated carbocycles. The lowest BCUT2D eigenvalue weighted by molar-refractivity contribution is 0.0964. The summed E-state index contributed by atoms with van der Waals surface area (Å²) in [6.07, 6.45) is -2.20. The molecule has 15 heteroatoms. The maximum atomic E-state index is 15.2. The van der Waals surface area contributed by atoms with E-state index in [-0.39, 0.29) is 42.2 Å². The summed E-state index contributed by atoms with van der Waals surface area (Å²) in [5.41, 5.74) is 3.30. The van der Waals surface area contributed by atoms with E-state index in [4.69, 9.17) is 14.4 Å². The number of anilines is 1. The monoisotopic (exact) mass is 730 g/mol. The van der Waals surface area contributed by atoms with Gasteiger partial charge in [0.1, 0.15) is 46.7 Å². The molecule has 0 radical (unpaired) electrons. The van der Waals surface area contributed by atoms with E-state index in [2.05, 4.69) is 5.32 Å². The molecule has 3 aromatic carbocycles. The molecule has 1 aliphatic rings. The van der Waals surface area contributed by atoms with Gasteiger partial charge < -0.3 is 9.73 Å². The number of aromatic nitrogens is 3. The Hall–Kier alpha value is -5.54. The average Bonchev–Trinajstić information content (AvgIpc) is 3.80. The van der Waals surface area contributed by atoms with Crippen LogP contribution < -0.4 is 9.62 Å². The van der Waals surface area contributed by atoms with E-state index in [1.807, 2.05) is 0 Å². The van der Waals surface area contributed by atoms with Crippen LogP contribution >= 0.6 is 0 Å². The van der Waals surface area contributed by atoms with E-state index in [0.29, 0.717) is 55.5 Å². The third-order valence-corrected chi connectivity index (χ3v) is 10.7. The van der Waals surface area contributed by atoms with Crippen molar-refractivity contribution in [3.05, 3.63) is 95.8 Å². The zero-order valence-electron chi connectivity index (χ0n) is 28.0. The Bertz CT molecular complexity index is 2690. The number of hydrogen-bond acceptors (Lipinski definition) is 7. The largest absolute Gasteiger partial charge is 0.455 e. The third kappa shape index (κ3) is 5.51. The van der Waals surface area contributed by atoms with Crippen LogP contribution in [0, 0.1) is 11.6 Å². The van der Waals surface area contributed by atoms with E-state index in [9.17, 15) is 26.4 Å². The number of carbonyl (C=O) groups is 1. The van der Waals surface area contributed by atoms with Crippen molar-refractivity contribution in [2.45, 2.75) is 18.9 Å². The summed E-state index contributed by atoms with van der Waals surface area (Å²) >= 11 is 0. The molecule has 4 aromatic heterocycles. The Morgan fingerprint density at radius 3 is 2.38 bits per heavy atom. The fourth-order valence-electron chi connectivity index (χ4n) is 6.88. The molecule has 10 nitrogen and oxygen atoms in total. The molecular formula is C37H30F4N6O4S. The highest BCUT2D eigenvalue weighted by atomic mass is 32.2. The van der Waals surface area contributed by atoms with Crippen molar-refractivity contribution in [3.8, 4) is 22.6 Å². The molecule has 266 valence electrons. The lowest BCUT2D eigenvalue weighted by Gasteiger charge is -2.21. The Morgan fingerprint density at radius 2 is 1.69 bits per heavy atom. The van der Waals surface area contributed by atoms with Crippen LogP contribution in [0.3, 0.4) is 0 Å². The van der Waals surface area contributed by atoms with Gasteiger partial charge in [-0.05, 0) is 60.7 Å². The standard InChI is InChI=1S/C37H30F4N6O4S/c1-42-37(48)34-23-13-22(30(45(2)52(3,49)50)15-32(23)51-36(34)19-7-9-20(38)10-8-19)27-11-12-28-35(44-27)31-14-21-24(39)5-4-6-29(21)47(31)33(43-28)18-46-16-25(40)26(41)17-46/h4-15,25-26H,16-18H2,1-3H3,(H,42,48). The zero-order valence-corrected chi connectivity index (χ0v) is 28.8. The quantitative estimate of drug-likeness (QED) is 0.183. The summed E-state index contributed by atoms with van der Waals surface area (Å²) in [6, 6.07) is 18.1. The minimum atomic E-state index is -3.83. The molecule has 7 aromatic rings. The Balaban J connectivity index is 1.39. The Kier molecular flexibility index (Phi) is 7.95. The maximum absolute atomic E-state index is 15.2. The molecule has 8 rings (SSSR count). The molecule has 2 atom stereocenters. The summed E-state index contributed by atoms with van der Waals surface area (Å²) in [6.45, 7) is -0.128. The second-order valence-corrected chi connectivity index (χ2v) is 14.9. The average molecular weight is 731 g/mol. The number of alkyl halides is 2. The molecule has 5 heterocycles. The molecule has 0 aliphatic carbocycles. The van der Waals surface area contributed by atoms with Crippen LogP contribution in [0.5, 0.6) is 0 Å². The van der Waals surface area contributed by atoms with Crippen LogP contribution in [-0.2, 0) is 16.6 Å². The molecule has 52 heavy (non-hydrogen) atoms. The number of halogens is 4. The zero-order chi connectivity index (χ0) is 36.6. The van der Waals surface area contributed by atoms with Crippen LogP contribution in [0.25, 0.3) is 61.0 Å². The lowest BCUT2D eigenvalue weighted by Crippen LogP contribution is -2.25. The highest BCUT2D eigenvalue weighted by Gasteiger charge is 2.34. The second kappa shape index (κ2) is 12.3. The van der Waals surface area contributed by atoms with E-state index in [1.54, 1.807) is 45.7 Å². The summed E-state index contributed by atoms with van der Waals surface area (Å²) in [4.78, 5) is 24.8. The summed E-state index contributed by atoms with van der Waals surface area (Å²) in [5.74, 6) is -0.861. The number of carbonyl (C=O) groups excluding carboxylic acids is 1. The van der Waals surface area contributed by atoms with Gasteiger partial charge in [-0.1, -0.05) is 6.07 Å². The molecular weight excluding hydrogens is 701 g/mol. The predicted octanol–water partition coefficient (Wildman–Crippen LogP) is 6.64. The molecule has 2 unspecified atom stereocenters. The summed E-state index contributed by atoms with van der Waals surface area (Å²) < 4.78 is 92.2. The van der Waals surface area contributed by atoms with Crippen molar-refractivity contribution in [2.24, 2.45) is 0 Å². The van der Waals surface area contributed by atoms with Gasteiger partial charge in [-0.2, -0.15) is 0 Å². The first-order chi connectivity index (χ1) is 24.8. The topological polar surface area (TPSA) is 113 Å². The number of rotatable bonds is 7. The van der Waals surface area contributed by atoms with E-state index in [0.717, 1.165) is 10.6 Å². The van der Waals surface area contributed by atoms with Gasteiger partial charge in [0.05, 0.1) is 46.3 Å². The number of nitrogens with one attached hydrogen (secondary N) is 1. The third-order valence-electron chi connectivity index (χ3n) is 9.52. The van der Waals surface area contributed by atoms with Gasteiger partial charge in [-0.3, -0.25) is 18.4 Å². The Labute approximate surface area is 294 Å². The van der Waals surface area contributed by atoms with Crippen molar-refractivity contribution in [1.29, 1.82) is 0 Å². The minimum absolute atomic E-state index is 0.0917. The SMILES string of the molecule is CNC(=O)c1c(-c2ccc(F)cc2)oc2cc(N(C)S(C)(=O)=O)c(-c3ccc4nc(CN5CC(F)C(F)C5)n5c6cccc(F)c6cc5c4n3)cc12. The first-order valence-corrected chi connectivity index (χ1v) is 18.1. The fourth-order valence-corrected chi connectivity index (χ4v) is 7.39. The number of sulfonamides is 1. The van der Waals surface area contributed by atoms with Gasteiger partial charge in [-0.15, -0.1) is 0 Å². The number of amides is 1. The van der Waals surface area contributed by atoms with Crippen LogP contribution in [0.2, 0.25) is 0 Å². The number of benzene rings is 3.